The summed E-state index contributed by atoms with van der Waals surface area (Å²) in [7, 11) is 0. The van der Waals surface area contributed by atoms with Gasteiger partial charge in [0.05, 0.1) is 13.2 Å². The van der Waals surface area contributed by atoms with Gasteiger partial charge in [-0.15, -0.1) is 0 Å². The van der Waals surface area contributed by atoms with Crippen LogP contribution in [0.5, 0.6) is 11.5 Å². The summed E-state index contributed by atoms with van der Waals surface area (Å²) in [5.41, 5.74) is 0.309. The average Bonchev–Trinajstić information content (AvgIpc) is 2.60. The molecule has 6 nitrogen and oxygen atoms in total. The minimum Gasteiger partial charge on any atom is -0.493 e. The predicted octanol–water partition coefficient (Wildman–Crippen LogP) is 3.45. The van der Waals surface area contributed by atoms with Crippen molar-refractivity contribution in [3.63, 3.8) is 0 Å². The van der Waals surface area contributed by atoms with Gasteiger partial charge in [-0.25, -0.2) is 9.59 Å². The molecule has 0 saturated heterocycles. The molecule has 1 N–H and O–H groups in total. The van der Waals surface area contributed by atoms with Crippen LogP contribution >= 0.6 is 0 Å². The Morgan fingerprint density at radius 2 is 1.72 bits per heavy atom. The third-order valence-electron chi connectivity index (χ3n) is 3.30. The lowest BCUT2D eigenvalue weighted by atomic mass is 10.1. The number of hydrogen-bond acceptors (Lipinski definition) is 5. The summed E-state index contributed by atoms with van der Waals surface area (Å²) >= 11 is 0. The van der Waals surface area contributed by atoms with Gasteiger partial charge in [0.1, 0.15) is 18.1 Å². The van der Waals surface area contributed by atoms with Crippen molar-refractivity contribution >= 4 is 22.8 Å². The van der Waals surface area contributed by atoms with Gasteiger partial charge in [0.2, 0.25) is 0 Å². The summed E-state index contributed by atoms with van der Waals surface area (Å²) in [4.78, 5) is 23.2. The van der Waals surface area contributed by atoms with Crippen molar-refractivity contribution < 1.29 is 23.8 Å². The van der Waals surface area contributed by atoms with Gasteiger partial charge in [-0.3, -0.25) is 0 Å². The molecule has 0 unspecified atom stereocenters. The van der Waals surface area contributed by atoms with Crippen molar-refractivity contribution in [2.75, 3.05) is 19.8 Å². The Morgan fingerprint density at radius 3 is 2.36 bits per heavy atom. The van der Waals surface area contributed by atoms with Crippen molar-refractivity contribution in [3.05, 3.63) is 48.6 Å². The monoisotopic (exact) mass is 343 g/mol. The molecule has 2 aromatic rings. The van der Waals surface area contributed by atoms with Crippen molar-refractivity contribution in [2.24, 2.45) is 0 Å². The molecule has 0 aromatic heterocycles. The van der Waals surface area contributed by atoms with Crippen LogP contribution in [0.3, 0.4) is 0 Å². The zero-order valence-electron chi connectivity index (χ0n) is 14.3. The molecule has 0 radical (unpaired) electrons. The molecule has 0 saturated carbocycles. The van der Waals surface area contributed by atoms with Gasteiger partial charge in [0.25, 0.3) is 0 Å². The highest BCUT2D eigenvalue weighted by molar-refractivity contribution is 5.94. The number of carbonyl (C=O) groups excluding carboxylic acids is 2. The second-order valence-electron chi connectivity index (χ2n) is 5.27. The van der Waals surface area contributed by atoms with Crippen LogP contribution in [-0.2, 0) is 9.53 Å². The predicted molar refractivity (Wildman–Crippen MR) is 94.9 cm³/mol. The molecule has 6 heteroatoms. The summed E-state index contributed by atoms with van der Waals surface area (Å²) in [6, 6.07) is 11.0. The molecular weight excluding hydrogens is 322 g/mol. The van der Waals surface area contributed by atoms with E-state index >= 15 is 0 Å². The van der Waals surface area contributed by atoms with E-state index in [1.54, 1.807) is 19.1 Å². The third kappa shape index (κ3) is 4.97. The Hall–Kier alpha value is -3.02. The highest BCUT2D eigenvalue weighted by atomic mass is 16.6. The SMILES string of the molecule is C=C(C)C(=O)OCCNC(=O)Oc1ccc(OCC)c2ccccc12. The van der Waals surface area contributed by atoms with E-state index in [0.717, 1.165) is 16.5 Å². The van der Waals surface area contributed by atoms with E-state index in [2.05, 4.69) is 11.9 Å². The minimum absolute atomic E-state index is 0.0464. The maximum absolute atomic E-state index is 11.9. The van der Waals surface area contributed by atoms with Crippen LogP contribution in [0.15, 0.2) is 48.6 Å². The number of esters is 1. The number of rotatable bonds is 7. The van der Waals surface area contributed by atoms with E-state index in [-0.39, 0.29) is 13.2 Å². The Morgan fingerprint density at radius 1 is 1.08 bits per heavy atom. The molecule has 0 aliphatic rings. The lowest BCUT2D eigenvalue weighted by Crippen LogP contribution is -2.30. The van der Waals surface area contributed by atoms with Gasteiger partial charge >= 0.3 is 12.1 Å². The fourth-order valence-electron chi connectivity index (χ4n) is 2.17. The maximum atomic E-state index is 11.9. The number of hydrogen-bond donors (Lipinski definition) is 1. The lowest BCUT2D eigenvalue weighted by molar-refractivity contribution is -0.138. The fraction of sp³-hybridized carbons (Fsp3) is 0.263. The van der Waals surface area contributed by atoms with Crippen LogP contribution in [0.4, 0.5) is 4.79 Å². The topological polar surface area (TPSA) is 73.9 Å². The molecule has 1 amide bonds. The molecule has 0 aliphatic heterocycles. The van der Waals surface area contributed by atoms with Gasteiger partial charge in [0.15, 0.2) is 0 Å². The van der Waals surface area contributed by atoms with Gasteiger partial charge in [-0.2, -0.15) is 0 Å². The highest BCUT2D eigenvalue weighted by Gasteiger charge is 2.11. The maximum Gasteiger partial charge on any atom is 0.412 e. The second-order valence-corrected chi connectivity index (χ2v) is 5.27. The first-order valence-electron chi connectivity index (χ1n) is 7.95. The smallest absolute Gasteiger partial charge is 0.412 e. The summed E-state index contributed by atoms with van der Waals surface area (Å²) in [5.74, 6) is 0.667. The molecule has 132 valence electrons. The van der Waals surface area contributed by atoms with Crippen LogP contribution in [0.25, 0.3) is 10.8 Å². The minimum atomic E-state index is -0.624. The van der Waals surface area contributed by atoms with Crippen molar-refractivity contribution in [1.29, 1.82) is 0 Å². The lowest BCUT2D eigenvalue weighted by Gasteiger charge is -2.12. The number of ether oxygens (including phenoxy) is 3. The summed E-state index contributed by atoms with van der Waals surface area (Å²) < 4.78 is 15.8. The largest absolute Gasteiger partial charge is 0.493 e. The number of fused-ring (bicyclic) bond motifs is 1. The molecule has 0 spiro atoms. The molecule has 0 bridgehead atoms. The van der Waals surface area contributed by atoms with Gasteiger partial charge in [-0.05, 0) is 26.0 Å². The number of carbonyl (C=O) groups is 2. The van der Waals surface area contributed by atoms with Crippen molar-refractivity contribution in [2.45, 2.75) is 13.8 Å². The van der Waals surface area contributed by atoms with Crippen molar-refractivity contribution in [3.8, 4) is 11.5 Å². The zero-order valence-corrected chi connectivity index (χ0v) is 14.3. The normalized spacial score (nSPS) is 10.2. The van der Waals surface area contributed by atoms with E-state index in [9.17, 15) is 9.59 Å². The molecular formula is C19H21NO5. The quantitative estimate of drug-likeness (QED) is 0.473. The Labute approximate surface area is 146 Å². The van der Waals surface area contributed by atoms with Gasteiger partial charge < -0.3 is 19.5 Å². The third-order valence-corrected chi connectivity index (χ3v) is 3.30. The van der Waals surface area contributed by atoms with E-state index in [1.165, 1.54) is 0 Å². The first kappa shape index (κ1) is 18.3. The summed E-state index contributed by atoms with van der Waals surface area (Å²) in [6.45, 7) is 7.69. The second kappa shape index (κ2) is 8.73. The number of benzene rings is 2. The van der Waals surface area contributed by atoms with Gasteiger partial charge in [-0.1, -0.05) is 30.8 Å². The number of nitrogens with one attached hydrogen (secondary N) is 1. The van der Waals surface area contributed by atoms with E-state index < -0.39 is 12.1 Å². The first-order valence-corrected chi connectivity index (χ1v) is 7.95. The van der Waals surface area contributed by atoms with Crippen LogP contribution in [0, 0.1) is 0 Å². The zero-order chi connectivity index (χ0) is 18.2. The van der Waals surface area contributed by atoms with Crippen LogP contribution in [0.1, 0.15) is 13.8 Å². The standard InChI is InChI=1S/C19H21NO5/c1-4-23-16-9-10-17(15-8-6-5-7-14(15)16)25-19(22)20-11-12-24-18(21)13(2)3/h5-10H,2,4,11-12H2,1,3H3,(H,20,22). The average molecular weight is 343 g/mol. The first-order chi connectivity index (χ1) is 12.0. The van der Waals surface area contributed by atoms with Crippen molar-refractivity contribution in [1.82, 2.24) is 5.32 Å². The van der Waals surface area contributed by atoms with E-state index in [0.29, 0.717) is 17.9 Å². The van der Waals surface area contributed by atoms with Crippen LogP contribution < -0.4 is 14.8 Å². The molecule has 0 aliphatic carbocycles. The van der Waals surface area contributed by atoms with Crippen LogP contribution in [-0.4, -0.2) is 31.8 Å². The molecule has 0 atom stereocenters. The Bertz CT molecular complexity index is 784. The van der Waals surface area contributed by atoms with Crippen LogP contribution in [0.2, 0.25) is 0 Å². The molecule has 25 heavy (non-hydrogen) atoms. The molecule has 0 fully saturated rings. The number of amides is 1. The van der Waals surface area contributed by atoms with E-state index in [1.807, 2.05) is 31.2 Å². The summed E-state index contributed by atoms with van der Waals surface area (Å²) in [6.07, 6.45) is -0.624. The Balaban J connectivity index is 1.98. The highest BCUT2D eigenvalue weighted by Crippen LogP contribution is 2.33. The molecule has 0 heterocycles. The summed E-state index contributed by atoms with van der Waals surface area (Å²) in [5, 5.41) is 4.17. The van der Waals surface area contributed by atoms with Gasteiger partial charge in [0, 0.05) is 16.3 Å². The molecule has 2 aromatic carbocycles. The van der Waals surface area contributed by atoms with E-state index in [4.69, 9.17) is 14.2 Å². The molecule has 2 rings (SSSR count). The fourth-order valence-corrected chi connectivity index (χ4v) is 2.17. The Kier molecular flexibility index (Phi) is 6.39.